The molecule has 2 aromatic carbocycles. The Labute approximate surface area is 185 Å². The van der Waals surface area contributed by atoms with E-state index < -0.39 is 17.7 Å². The standard InChI is InChI=1S/C25H22N2O5/c1-15-7-12-20(32-3)18(14-15)23(28)21-22(19-6-4-5-13-26-19)27(25(30)24(21)29)16-8-10-17(31-2)11-9-16/h4-14,22,28H,1-3H3/b23-21+. The number of carbonyl (C=O) groups excluding carboxylic acids is 2. The smallest absolute Gasteiger partial charge is 0.300 e. The van der Waals surface area contributed by atoms with Crippen LogP contribution in [-0.4, -0.2) is 36.0 Å². The number of hydrogen-bond acceptors (Lipinski definition) is 6. The SMILES string of the molecule is COc1ccc(N2C(=O)C(=O)/C(=C(/O)c3cc(C)ccc3OC)C2c2ccccn2)cc1. The minimum absolute atomic E-state index is 0.0478. The summed E-state index contributed by atoms with van der Waals surface area (Å²) in [5.41, 5.74) is 2.09. The molecule has 162 valence electrons. The summed E-state index contributed by atoms with van der Waals surface area (Å²) in [4.78, 5) is 32.1. The number of aromatic nitrogens is 1. The van der Waals surface area contributed by atoms with Crippen LogP contribution in [0, 0.1) is 6.92 Å². The summed E-state index contributed by atoms with van der Waals surface area (Å²) in [5.74, 6) is -0.847. The molecule has 7 heteroatoms. The van der Waals surface area contributed by atoms with Gasteiger partial charge < -0.3 is 14.6 Å². The lowest BCUT2D eigenvalue weighted by molar-refractivity contribution is -0.132. The number of aliphatic hydroxyl groups is 1. The Kier molecular flexibility index (Phi) is 5.64. The molecule has 4 rings (SSSR count). The second kappa shape index (κ2) is 8.55. The fourth-order valence-electron chi connectivity index (χ4n) is 3.81. The number of ether oxygens (including phenoxy) is 2. The number of nitrogens with zero attached hydrogens (tertiary/aromatic N) is 2. The topological polar surface area (TPSA) is 89.0 Å². The van der Waals surface area contributed by atoms with Gasteiger partial charge in [0.25, 0.3) is 11.7 Å². The summed E-state index contributed by atoms with van der Waals surface area (Å²) in [6.45, 7) is 1.86. The molecule has 1 aliphatic heterocycles. The summed E-state index contributed by atoms with van der Waals surface area (Å²) >= 11 is 0. The van der Waals surface area contributed by atoms with Crippen molar-refractivity contribution < 1.29 is 24.2 Å². The highest BCUT2D eigenvalue weighted by Crippen LogP contribution is 2.43. The van der Waals surface area contributed by atoms with E-state index in [0.29, 0.717) is 28.4 Å². The maximum absolute atomic E-state index is 13.2. The van der Waals surface area contributed by atoms with Crippen LogP contribution < -0.4 is 14.4 Å². The average molecular weight is 430 g/mol. The highest BCUT2D eigenvalue weighted by molar-refractivity contribution is 6.51. The quantitative estimate of drug-likeness (QED) is 0.373. The molecule has 32 heavy (non-hydrogen) atoms. The van der Waals surface area contributed by atoms with E-state index in [2.05, 4.69) is 4.98 Å². The Morgan fingerprint density at radius 1 is 1.00 bits per heavy atom. The molecule has 0 radical (unpaired) electrons. The summed E-state index contributed by atoms with van der Waals surface area (Å²) in [6, 6.07) is 16.4. The lowest BCUT2D eigenvalue weighted by Gasteiger charge is -2.24. The number of Topliss-reactive ketones (excluding diaryl/α,β-unsaturated/α-hetero) is 1. The van der Waals surface area contributed by atoms with Gasteiger partial charge in [0.15, 0.2) is 0 Å². The third-order valence-corrected chi connectivity index (χ3v) is 5.37. The largest absolute Gasteiger partial charge is 0.507 e. The minimum Gasteiger partial charge on any atom is -0.507 e. The van der Waals surface area contributed by atoms with E-state index in [4.69, 9.17) is 9.47 Å². The van der Waals surface area contributed by atoms with Gasteiger partial charge in [-0.25, -0.2) is 0 Å². The van der Waals surface area contributed by atoms with Gasteiger partial charge in [-0.1, -0.05) is 17.7 Å². The molecular formula is C25H22N2O5. The molecule has 0 aliphatic carbocycles. The Balaban J connectivity index is 1.95. The van der Waals surface area contributed by atoms with Crippen molar-refractivity contribution in [2.75, 3.05) is 19.1 Å². The van der Waals surface area contributed by atoms with Crippen molar-refractivity contribution in [2.45, 2.75) is 13.0 Å². The first-order valence-electron chi connectivity index (χ1n) is 9.97. The molecule has 1 aromatic heterocycles. The van der Waals surface area contributed by atoms with Gasteiger partial charge in [0.1, 0.15) is 23.3 Å². The lowest BCUT2D eigenvalue weighted by atomic mass is 9.97. The zero-order valence-corrected chi connectivity index (χ0v) is 17.9. The van der Waals surface area contributed by atoms with Crippen LogP contribution in [-0.2, 0) is 9.59 Å². The van der Waals surface area contributed by atoms with E-state index in [1.807, 2.05) is 13.0 Å². The Bertz CT molecular complexity index is 1200. The number of ketones is 1. The number of aliphatic hydroxyl groups excluding tert-OH is 1. The Hall–Kier alpha value is -4.13. The number of methoxy groups -OCH3 is 2. The molecule has 1 saturated heterocycles. The number of hydrogen-bond donors (Lipinski definition) is 1. The van der Waals surface area contributed by atoms with Gasteiger partial charge in [-0.15, -0.1) is 0 Å². The average Bonchev–Trinajstić information content (AvgIpc) is 3.09. The van der Waals surface area contributed by atoms with Gasteiger partial charge in [-0.3, -0.25) is 19.5 Å². The predicted molar refractivity (Wildman–Crippen MR) is 120 cm³/mol. The third kappa shape index (κ3) is 3.58. The van der Waals surface area contributed by atoms with Gasteiger partial charge in [0.05, 0.1) is 31.1 Å². The molecule has 1 fully saturated rings. The van der Waals surface area contributed by atoms with Crippen molar-refractivity contribution in [1.29, 1.82) is 0 Å². The maximum Gasteiger partial charge on any atom is 0.300 e. The first-order valence-corrected chi connectivity index (χ1v) is 9.97. The van der Waals surface area contributed by atoms with E-state index in [1.165, 1.54) is 12.0 Å². The maximum atomic E-state index is 13.2. The molecular weight excluding hydrogens is 408 g/mol. The summed E-state index contributed by atoms with van der Waals surface area (Å²) < 4.78 is 10.6. The van der Waals surface area contributed by atoms with Crippen LogP contribution in [0.4, 0.5) is 5.69 Å². The Morgan fingerprint density at radius 2 is 1.75 bits per heavy atom. The van der Waals surface area contributed by atoms with Crippen molar-refractivity contribution in [3.63, 3.8) is 0 Å². The zero-order valence-electron chi connectivity index (χ0n) is 17.9. The number of carbonyl (C=O) groups is 2. The van der Waals surface area contributed by atoms with Gasteiger partial charge in [0, 0.05) is 11.9 Å². The molecule has 1 atom stereocenters. The number of rotatable bonds is 5. The second-order valence-corrected chi connectivity index (χ2v) is 7.33. The monoisotopic (exact) mass is 430 g/mol. The lowest BCUT2D eigenvalue weighted by Crippen LogP contribution is -2.29. The van der Waals surface area contributed by atoms with Crippen LogP contribution in [0.25, 0.3) is 5.76 Å². The van der Waals surface area contributed by atoms with Crippen LogP contribution in [0.5, 0.6) is 11.5 Å². The summed E-state index contributed by atoms with van der Waals surface area (Å²) in [5, 5.41) is 11.3. The van der Waals surface area contributed by atoms with Gasteiger partial charge in [-0.05, 0) is 55.5 Å². The molecule has 0 saturated carbocycles. The molecule has 0 bridgehead atoms. The number of pyridine rings is 1. The van der Waals surface area contributed by atoms with Crippen molar-refractivity contribution in [3.05, 3.63) is 89.3 Å². The molecule has 1 unspecified atom stereocenters. The van der Waals surface area contributed by atoms with E-state index in [9.17, 15) is 14.7 Å². The number of benzene rings is 2. The first-order chi connectivity index (χ1) is 15.5. The van der Waals surface area contributed by atoms with Crippen LogP contribution in [0.2, 0.25) is 0 Å². The van der Waals surface area contributed by atoms with Crippen molar-refractivity contribution in [2.24, 2.45) is 0 Å². The third-order valence-electron chi connectivity index (χ3n) is 5.37. The second-order valence-electron chi connectivity index (χ2n) is 7.33. The zero-order chi connectivity index (χ0) is 22.8. The summed E-state index contributed by atoms with van der Waals surface area (Å²) in [6.07, 6.45) is 1.58. The predicted octanol–water partition coefficient (Wildman–Crippen LogP) is 4.03. The van der Waals surface area contributed by atoms with Crippen LogP contribution in [0.1, 0.15) is 22.9 Å². The van der Waals surface area contributed by atoms with Crippen LogP contribution in [0.15, 0.2) is 72.4 Å². The number of aryl methyl sites for hydroxylation is 1. The molecule has 0 spiro atoms. The summed E-state index contributed by atoms with van der Waals surface area (Å²) in [7, 11) is 3.03. The van der Waals surface area contributed by atoms with Gasteiger partial charge in [0.2, 0.25) is 0 Å². The molecule has 7 nitrogen and oxygen atoms in total. The number of amides is 1. The normalized spacial score (nSPS) is 17.5. The molecule has 2 heterocycles. The van der Waals surface area contributed by atoms with Crippen LogP contribution in [0.3, 0.4) is 0 Å². The van der Waals surface area contributed by atoms with Crippen molar-refractivity contribution >= 4 is 23.1 Å². The first kappa shape index (κ1) is 21.1. The molecule has 1 N–H and O–H groups in total. The highest BCUT2D eigenvalue weighted by atomic mass is 16.5. The van der Waals surface area contributed by atoms with E-state index in [-0.39, 0.29) is 11.3 Å². The Morgan fingerprint density at radius 3 is 2.38 bits per heavy atom. The fraction of sp³-hybridized carbons (Fsp3) is 0.160. The van der Waals surface area contributed by atoms with Crippen LogP contribution >= 0.6 is 0 Å². The minimum atomic E-state index is -0.908. The van der Waals surface area contributed by atoms with Crippen molar-refractivity contribution in [3.8, 4) is 11.5 Å². The molecule has 1 aliphatic rings. The van der Waals surface area contributed by atoms with Crippen molar-refractivity contribution in [1.82, 2.24) is 4.98 Å². The molecule has 3 aromatic rings. The highest BCUT2D eigenvalue weighted by Gasteiger charge is 2.47. The van der Waals surface area contributed by atoms with E-state index in [0.717, 1.165) is 5.56 Å². The number of anilines is 1. The fourth-order valence-corrected chi connectivity index (χ4v) is 3.81. The van der Waals surface area contributed by atoms with Gasteiger partial charge in [-0.2, -0.15) is 0 Å². The van der Waals surface area contributed by atoms with Gasteiger partial charge >= 0.3 is 0 Å². The van der Waals surface area contributed by atoms with E-state index in [1.54, 1.807) is 67.9 Å². The molecule has 1 amide bonds. The van der Waals surface area contributed by atoms with E-state index >= 15 is 0 Å².